The van der Waals surface area contributed by atoms with Gasteiger partial charge in [0.2, 0.25) is 5.78 Å². The summed E-state index contributed by atoms with van der Waals surface area (Å²) in [6.45, 7) is 1.53. The molecule has 5 nitrogen and oxygen atoms in total. The lowest BCUT2D eigenvalue weighted by Gasteiger charge is -2.10. The number of benzene rings is 1. The first-order chi connectivity index (χ1) is 9.16. The van der Waals surface area contributed by atoms with Crippen LogP contribution in [0.3, 0.4) is 0 Å². The summed E-state index contributed by atoms with van der Waals surface area (Å²) in [5.41, 5.74) is 0.577. The van der Waals surface area contributed by atoms with E-state index in [1.165, 1.54) is 26.2 Å². The molecule has 110 valence electrons. The maximum atomic E-state index is 12.1. The quantitative estimate of drug-likeness (QED) is 0.617. The maximum absolute atomic E-state index is 12.1. The normalized spacial score (nSPS) is 11.2. The molecule has 0 heterocycles. The molecule has 0 aromatic heterocycles. The number of rotatable bonds is 5. The third-order valence-electron chi connectivity index (χ3n) is 2.77. The van der Waals surface area contributed by atoms with Crippen LogP contribution in [-0.4, -0.2) is 24.0 Å². The van der Waals surface area contributed by atoms with E-state index in [4.69, 9.17) is 4.74 Å². The van der Waals surface area contributed by atoms with Crippen LogP contribution in [0.15, 0.2) is 12.1 Å². The molecule has 0 saturated heterocycles. The van der Waals surface area contributed by atoms with Crippen LogP contribution >= 0.6 is 0 Å². The summed E-state index contributed by atoms with van der Waals surface area (Å²) >= 11 is 0. The maximum Gasteiger partial charge on any atom is 0.449 e. The smallest absolute Gasteiger partial charge is 0.449 e. The van der Waals surface area contributed by atoms with Crippen LogP contribution in [0.2, 0.25) is 0 Å². The summed E-state index contributed by atoms with van der Waals surface area (Å²) < 4.78 is 41.1. The topological polar surface area (TPSA) is 69.4 Å². The number of hydrogen-bond donors (Lipinski definition) is 0. The Morgan fingerprint density at radius 3 is 2.45 bits per heavy atom. The van der Waals surface area contributed by atoms with Crippen molar-refractivity contribution in [3.8, 4) is 5.75 Å². The molecule has 0 N–H and O–H groups in total. The molecule has 0 atom stereocenters. The third kappa shape index (κ3) is 3.69. The Balaban J connectivity index is 2.97. The molecule has 8 heteroatoms. The van der Waals surface area contributed by atoms with Gasteiger partial charge in [0.1, 0.15) is 0 Å². The molecule has 1 rings (SSSR count). The second-order valence-electron chi connectivity index (χ2n) is 4.13. The molecule has 1 aromatic rings. The summed E-state index contributed by atoms with van der Waals surface area (Å²) in [5.74, 6) is -1.87. The summed E-state index contributed by atoms with van der Waals surface area (Å²) in [6.07, 6.45) is -5.72. The van der Waals surface area contributed by atoms with Crippen molar-refractivity contribution in [2.75, 3.05) is 7.11 Å². The number of alkyl halides is 3. The molecule has 0 radical (unpaired) electrons. The zero-order valence-corrected chi connectivity index (χ0v) is 10.8. The number of ketones is 1. The molecular formula is C12H12F3NO4. The first-order valence-corrected chi connectivity index (χ1v) is 5.58. The minimum Gasteiger partial charge on any atom is -0.490 e. The lowest BCUT2D eigenvalue weighted by Crippen LogP contribution is -2.23. The summed E-state index contributed by atoms with van der Waals surface area (Å²) in [7, 11) is 1.22. The average molecular weight is 291 g/mol. The molecule has 0 amide bonds. The number of nitro groups is 1. The van der Waals surface area contributed by atoms with Crippen LogP contribution in [0.25, 0.3) is 0 Å². The fourth-order valence-corrected chi connectivity index (χ4v) is 1.68. The Morgan fingerprint density at radius 1 is 1.40 bits per heavy atom. The van der Waals surface area contributed by atoms with Crippen LogP contribution in [0.4, 0.5) is 18.9 Å². The van der Waals surface area contributed by atoms with E-state index in [1.807, 2.05) is 0 Å². The van der Waals surface area contributed by atoms with Crippen LogP contribution < -0.4 is 4.74 Å². The van der Waals surface area contributed by atoms with Crippen LogP contribution in [0.1, 0.15) is 17.5 Å². The Morgan fingerprint density at radius 2 is 2.00 bits per heavy atom. The molecule has 0 bridgehead atoms. The van der Waals surface area contributed by atoms with Crippen molar-refractivity contribution in [3.05, 3.63) is 33.4 Å². The number of carbonyl (C=O) groups excluding carboxylic acids is 1. The van der Waals surface area contributed by atoms with E-state index in [0.717, 1.165) is 0 Å². The van der Waals surface area contributed by atoms with E-state index < -0.39 is 23.3 Å². The molecule has 0 aliphatic heterocycles. The predicted molar refractivity (Wildman–Crippen MR) is 63.8 cm³/mol. The second-order valence-corrected chi connectivity index (χ2v) is 4.13. The number of methoxy groups -OCH3 is 1. The Kier molecular flexibility index (Phi) is 4.69. The van der Waals surface area contributed by atoms with E-state index >= 15 is 0 Å². The zero-order chi connectivity index (χ0) is 15.5. The number of aryl methyl sites for hydroxylation is 2. The SMILES string of the molecule is COc1cc(CCC(=O)C(F)(F)F)c(C)cc1[N+](=O)[O-]. The first kappa shape index (κ1) is 15.9. The summed E-state index contributed by atoms with van der Waals surface area (Å²) in [4.78, 5) is 20.9. The minimum absolute atomic E-state index is 0.0462. The van der Waals surface area contributed by atoms with Crippen LogP contribution in [-0.2, 0) is 11.2 Å². The van der Waals surface area contributed by atoms with Gasteiger partial charge in [0.15, 0.2) is 5.75 Å². The molecule has 0 saturated carbocycles. The van der Waals surface area contributed by atoms with Gasteiger partial charge in [0.05, 0.1) is 12.0 Å². The Labute approximate surface area is 112 Å². The number of Topliss-reactive ketones (excluding diaryl/α,β-unsaturated/α-hetero) is 1. The van der Waals surface area contributed by atoms with Crippen molar-refractivity contribution in [2.24, 2.45) is 0 Å². The van der Waals surface area contributed by atoms with Gasteiger partial charge < -0.3 is 4.74 Å². The molecule has 1 aromatic carbocycles. The van der Waals surface area contributed by atoms with E-state index in [1.54, 1.807) is 0 Å². The van der Waals surface area contributed by atoms with Crippen molar-refractivity contribution in [3.63, 3.8) is 0 Å². The molecular weight excluding hydrogens is 279 g/mol. The van der Waals surface area contributed by atoms with Crippen molar-refractivity contribution < 1.29 is 27.6 Å². The average Bonchev–Trinajstić information content (AvgIpc) is 2.35. The number of nitro benzene ring substituents is 1. The van der Waals surface area contributed by atoms with Crippen molar-refractivity contribution in [1.29, 1.82) is 0 Å². The fourth-order valence-electron chi connectivity index (χ4n) is 1.68. The second kappa shape index (κ2) is 5.89. The molecule has 0 unspecified atom stereocenters. The Hall–Kier alpha value is -2.12. The number of halogens is 3. The number of ether oxygens (including phenoxy) is 1. The van der Waals surface area contributed by atoms with Crippen molar-refractivity contribution >= 4 is 11.5 Å². The summed E-state index contributed by atoms with van der Waals surface area (Å²) in [5, 5.41) is 10.8. The van der Waals surface area contributed by atoms with E-state index in [-0.39, 0.29) is 17.9 Å². The van der Waals surface area contributed by atoms with E-state index in [2.05, 4.69) is 0 Å². The van der Waals surface area contributed by atoms with E-state index in [9.17, 15) is 28.1 Å². The van der Waals surface area contributed by atoms with Gasteiger partial charge in [-0.1, -0.05) is 0 Å². The molecule has 0 aliphatic carbocycles. The van der Waals surface area contributed by atoms with Gasteiger partial charge in [0.25, 0.3) is 0 Å². The minimum atomic E-state index is -4.86. The number of hydrogen-bond acceptors (Lipinski definition) is 4. The highest BCUT2D eigenvalue weighted by Gasteiger charge is 2.37. The number of nitrogens with zero attached hydrogens (tertiary/aromatic N) is 1. The molecule has 0 spiro atoms. The zero-order valence-electron chi connectivity index (χ0n) is 10.8. The molecule has 0 fully saturated rings. The van der Waals surface area contributed by atoms with Gasteiger partial charge in [-0.15, -0.1) is 0 Å². The van der Waals surface area contributed by atoms with Gasteiger partial charge >= 0.3 is 11.9 Å². The van der Waals surface area contributed by atoms with Crippen LogP contribution in [0.5, 0.6) is 5.75 Å². The van der Waals surface area contributed by atoms with Crippen LogP contribution in [0, 0.1) is 17.0 Å². The van der Waals surface area contributed by atoms with Gasteiger partial charge in [-0.2, -0.15) is 13.2 Å². The van der Waals surface area contributed by atoms with Crippen molar-refractivity contribution in [1.82, 2.24) is 0 Å². The largest absolute Gasteiger partial charge is 0.490 e. The molecule has 0 aliphatic rings. The monoisotopic (exact) mass is 291 g/mol. The highest BCUT2D eigenvalue weighted by atomic mass is 19.4. The predicted octanol–water partition coefficient (Wildman–Crippen LogP) is 2.98. The standard InChI is InChI=1S/C12H12F3NO4/c1-7-5-9(16(18)19)10(20-2)6-8(7)3-4-11(17)12(13,14)15/h5-6H,3-4H2,1-2H3. The molecule has 20 heavy (non-hydrogen) atoms. The third-order valence-corrected chi connectivity index (χ3v) is 2.77. The Bertz CT molecular complexity index is 540. The van der Waals surface area contributed by atoms with Gasteiger partial charge in [0, 0.05) is 12.5 Å². The lowest BCUT2D eigenvalue weighted by molar-refractivity contribution is -0.385. The number of carbonyl (C=O) groups is 1. The summed E-state index contributed by atoms with van der Waals surface area (Å²) in [6, 6.07) is 2.50. The van der Waals surface area contributed by atoms with Crippen molar-refractivity contribution in [2.45, 2.75) is 25.9 Å². The van der Waals surface area contributed by atoms with E-state index in [0.29, 0.717) is 11.1 Å². The highest BCUT2D eigenvalue weighted by molar-refractivity contribution is 5.84. The first-order valence-electron chi connectivity index (χ1n) is 5.58. The van der Waals surface area contributed by atoms with Gasteiger partial charge in [-0.25, -0.2) is 0 Å². The highest BCUT2D eigenvalue weighted by Crippen LogP contribution is 2.31. The lowest BCUT2D eigenvalue weighted by atomic mass is 10.0. The van der Waals surface area contributed by atoms with Gasteiger partial charge in [-0.3, -0.25) is 14.9 Å². The van der Waals surface area contributed by atoms with Gasteiger partial charge in [-0.05, 0) is 30.5 Å². The fraction of sp³-hybridized carbons (Fsp3) is 0.417.